The van der Waals surface area contributed by atoms with Crippen LogP contribution >= 0.6 is 0 Å². The largest absolute Gasteiger partial charge is 0.369 e. The minimum atomic E-state index is -3.62. The molecule has 0 aromatic heterocycles. The van der Waals surface area contributed by atoms with E-state index < -0.39 is 32.6 Å². The highest BCUT2D eigenvalue weighted by molar-refractivity contribution is 7.92. The SMILES string of the molecule is C[C@H](c1ccc(F)cc1)S(=O)(=O)CC(N)=O. The number of hydrogen-bond acceptors (Lipinski definition) is 3. The molecule has 0 fully saturated rings. The zero-order chi connectivity index (χ0) is 12.3. The highest BCUT2D eigenvalue weighted by Gasteiger charge is 2.24. The molecule has 1 aromatic rings. The van der Waals surface area contributed by atoms with Gasteiger partial charge in [-0.2, -0.15) is 0 Å². The lowest BCUT2D eigenvalue weighted by Gasteiger charge is -2.11. The molecule has 2 N–H and O–H groups in total. The number of primary amides is 1. The van der Waals surface area contributed by atoms with Crippen LogP contribution in [0, 0.1) is 5.82 Å². The van der Waals surface area contributed by atoms with E-state index in [-0.39, 0.29) is 0 Å². The molecule has 0 spiro atoms. The standard InChI is InChI=1S/C10H12FNO3S/c1-7(16(14,15)6-10(12)13)8-2-4-9(11)5-3-8/h2-5,7H,6H2,1H3,(H2,12,13)/t7-/m1/s1. The van der Waals surface area contributed by atoms with E-state index in [1.165, 1.54) is 31.2 Å². The summed E-state index contributed by atoms with van der Waals surface area (Å²) in [5.74, 6) is -2.04. The normalized spacial score (nSPS) is 13.4. The summed E-state index contributed by atoms with van der Waals surface area (Å²) < 4.78 is 35.9. The van der Waals surface area contributed by atoms with Gasteiger partial charge in [0.1, 0.15) is 11.6 Å². The third-order valence-electron chi connectivity index (χ3n) is 2.22. The number of halogens is 1. The molecule has 0 saturated heterocycles. The molecule has 1 amide bonds. The molecule has 1 aromatic carbocycles. The number of carbonyl (C=O) groups excluding carboxylic acids is 1. The molecule has 4 nitrogen and oxygen atoms in total. The van der Waals surface area contributed by atoms with Crippen LogP contribution < -0.4 is 5.73 Å². The van der Waals surface area contributed by atoms with Crippen LogP contribution in [-0.2, 0) is 14.6 Å². The summed E-state index contributed by atoms with van der Waals surface area (Å²) in [7, 11) is -3.62. The first-order valence-electron chi connectivity index (χ1n) is 4.58. The van der Waals surface area contributed by atoms with E-state index >= 15 is 0 Å². The van der Waals surface area contributed by atoms with Crippen LogP contribution in [0.3, 0.4) is 0 Å². The van der Waals surface area contributed by atoms with Gasteiger partial charge in [-0.15, -0.1) is 0 Å². The molecule has 88 valence electrons. The topological polar surface area (TPSA) is 77.2 Å². The van der Waals surface area contributed by atoms with Crippen LogP contribution in [0.25, 0.3) is 0 Å². The fourth-order valence-corrected chi connectivity index (χ4v) is 2.48. The van der Waals surface area contributed by atoms with Crippen molar-refractivity contribution < 1.29 is 17.6 Å². The van der Waals surface area contributed by atoms with Crippen LogP contribution in [0.2, 0.25) is 0 Å². The van der Waals surface area contributed by atoms with Crippen LogP contribution in [0.15, 0.2) is 24.3 Å². The van der Waals surface area contributed by atoms with Gasteiger partial charge < -0.3 is 5.73 Å². The molecule has 0 unspecified atom stereocenters. The quantitative estimate of drug-likeness (QED) is 0.851. The number of benzene rings is 1. The molecule has 0 saturated carbocycles. The molecule has 0 heterocycles. The maximum Gasteiger partial charge on any atom is 0.232 e. The van der Waals surface area contributed by atoms with E-state index in [0.717, 1.165) is 0 Å². The van der Waals surface area contributed by atoms with E-state index in [1.807, 2.05) is 0 Å². The average Bonchev–Trinajstić information content (AvgIpc) is 2.16. The minimum absolute atomic E-state index is 0.433. The third kappa shape index (κ3) is 3.03. The first-order chi connectivity index (χ1) is 7.33. The fraction of sp³-hybridized carbons (Fsp3) is 0.300. The minimum Gasteiger partial charge on any atom is -0.369 e. The van der Waals surface area contributed by atoms with Crippen molar-refractivity contribution in [1.29, 1.82) is 0 Å². The number of amides is 1. The zero-order valence-electron chi connectivity index (χ0n) is 8.68. The van der Waals surface area contributed by atoms with Crippen molar-refractivity contribution in [3.05, 3.63) is 35.6 Å². The molecule has 0 aliphatic heterocycles. The molecule has 1 atom stereocenters. The lowest BCUT2D eigenvalue weighted by atomic mass is 10.2. The van der Waals surface area contributed by atoms with Crippen LogP contribution in [-0.4, -0.2) is 20.1 Å². The van der Waals surface area contributed by atoms with Crippen LogP contribution in [0.4, 0.5) is 4.39 Å². The van der Waals surface area contributed by atoms with E-state index in [4.69, 9.17) is 5.73 Å². The van der Waals surface area contributed by atoms with Crippen molar-refractivity contribution in [3.8, 4) is 0 Å². The third-order valence-corrected chi connectivity index (χ3v) is 4.26. The molecule has 6 heteroatoms. The van der Waals surface area contributed by atoms with Gasteiger partial charge in [0.15, 0.2) is 9.84 Å². The summed E-state index contributed by atoms with van der Waals surface area (Å²) in [6.45, 7) is 1.44. The van der Waals surface area contributed by atoms with E-state index in [2.05, 4.69) is 0 Å². The number of rotatable bonds is 4. The van der Waals surface area contributed by atoms with Gasteiger partial charge in [0.2, 0.25) is 5.91 Å². The van der Waals surface area contributed by atoms with Gasteiger partial charge in [-0.25, -0.2) is 12.8 Å². The van der Waals surface area contributed by atoms with E-state index in [9.17, 15) is 17.6 Å². The first kappa shape index (κ1) is 12.6. The number of nitrogens with two attached hydrogens (primary N) is 1. The van der Waals surface area contributed by atoms with E-state index in [0.29, 0.717) is 5.56 Å². The fourth-order valence-electron chi connectivity index (χ4n) is 1.26. The Hall–Kier alpha value is -1.43. The molecule has 0 aliphatic rings. The van der Waals surface area contributed by atoms with Crippen molar-refractivity contribution in [2.24, 2.45) is 5.73 Å². The maximum atomic E-state index is 12.6. The van der Waals surface area contributed by atoms with Gasteiger partial charge in [0, 0.05) is 0 Å². The summed E-state index contributed by atoms with van der Waals surface area (Å²) in [5.41, 5.74) is 5.27. The molecule has 0 bridgehead atoms. The Morgan fingerprint density at radius 1 is 1.38 bits per heavy atom. The Labute approximate surface area is 93.2 Å². The predicted molar refractivity (Wildman–Crippen MR) is 57.8 cm³/mol. The molecule has 16 heavy (non-hydrogen) atoms. The molecule has 0 aliphatic carbocycles. The van der Waals surface area contributed by atoms with Crippen LogP contribution in [0.5, 0.6) is 0 Å². The Morgan fingerprint density at radius 2 is 1.88 bits per heavy atom. The smallest absolute Gasteiger partial charge is 0.232 e. The van der Waals surface area contributed by atoms with Gasteiger partial charge in [-0.3, -0.25) is 4.79 Å². The summed E-state index contributed by atoms with van der Waals surface area (Å²) in [5, 5.41) is -0.874. The number of carbonyl (C=O) groups is 1. The van der Waals surface area contributed by atoms with E-state index in [1.54, 1.807) is 0 Å². The monoisotopic (exact) mass is 245 g/mol. The number of hydrogen-bond donors (Lipinski definition) is 1. The lowest BCUT2D eigenvalue weighted by Crippen LogP contribution is -2.26. The predicted octanol–water partition coefficient (Wildman–Crippen LogP) is 0.787. The van der Waals surface area contributed by atoms with Crippen molar-refractivity contribution in [3.63, 3.8) is 0 Å². The Balaban J connectivity index is 2.97. The Bertz CT molecular complexity index is 481. The summed E-state index contributed by atoms with van der Waals surface area (Å²) in [6, 6.07) is 5.09. The highest BCUT2D eigenvalue weighted by atomic mass is 32.2. The van der Waals surface area contributed by atoms with Crippen LogP contribution in [0.1, 0.15) is 17.7 Å². The average molecular weight is 245 g/mol. The van der Waals surface area contributed by atoms with Crippen molar-refractivity contribution in [1.82, 2.24) is 0 Å². The van der Waals surface area contributed by atoms with Crippen molar-refractivity contribution in [2.75, 3.05) is 5.75 Å². The molecular formula is C10H12FNO3S. The summed E-state index contributed by atoms with van der Waals surface area (Å²) >= 11 is 0. The van der Waals surface area contributed by atoms with Gasteiger partial charge >= 0.3 is 0 Å². The Morgan fingerprint density at radius 3 is 2.31 bits per heavy atom. The maximum absolute atomic E-state index is 12.6. The first-order valence-corrected chi connectivity index (χ1v) is 6.30. The van der Waals surface area contributed by atoms with Gasteiger partial charge in [0.25, 0.3) is 0 Å². The molecule has 1 rings (SSSR count). The molecule has 0 radical (unpaired) electrons. The van der Waals surface area contributed by atoms with Gasteiger partial charge in [-0.05, 0) is 24.6 Å². The van der Waals surface area contributed by atoms with Gasteiger partial charge in [0.05, 0.1) is 5.25 Å². The zero-order valence-corrected chi connectivity index (χ0v) is 9.50. The highest BCUT2D eigenvalue weighted by Crippen LogP contribution is 2.22. The van der Waals surface area contributed by atoms with Crippen molar-refractivity contribution >= 4 is 15.7 Å². The Kier molecular flexibility index (Phi) is 3.64. The second-order valence-corrected chi connectivity index (χ2v) is 5.79. The second-order valence-electron chi connectivity index (χ2n) is 3.47. The van der Waals surface area contributed by atoms with Gasteiger partial charge in [-0.1, -0.05) is 12.1 Å². The lowest BCUT2D eigenvalue weighted by molar-refractivity contribution is -0.115. The molecular weight excluding hydrogens is 233 g/mol. The summed E-state index contributed by atoms with van der Waals surface area (Å²) in [4.78, 5) is 10.6. The van der Waals surface area contributed by atoms with Crippen molar-refractivity contribution in [2.45, 2.75) is 12.2 Å². The second kappa shape index (κ2) is 4.61. The summed E-state index contributed by atoms with van der Waals surface area (Å²) in [6.07, 6.45) is 0. The number of sulfone groups is 1.